The molecule has 1 amide bonds. The maximum atomic E-state index is 13.0. The molecule has 0 saturated carbocycles. The van der Waals surface area contributed by atoms with Gasteiger partial charge >= 0.3 is 5.97 Å². The summed E-state index contributed by atoms with van der Waals surface area (Å²) in [4.78, 5) is 23.0. The Bertz CT molecular complexity index is 511. The molecule has 1 aromatic rings. The van der Waals surface area contributed by atoms with Crippen LogP contribution in [0, 0.1) is 11.7 Å². The van der Waals surface area contributed by atoms with Crippen molar-refractivity contribution in [1.29, 1.82) is 0 Å². The molecule has 22 heavy (non-hydrogen) atoms. The molecular weight excluding hydrogens is 289 g/mol. The van der Waals surface area contributed by atoms with Crippen LogP contribution in [-0.4, -0.2) is 30.2 Å². The molecule has 2 atom stereocenters. The van der Waals surface area contributed by atoms with Crippen LogP contribution in [0.2, 0.25) is 0 Å². The van der Waals surface area contributed by atoms with Crippen molar-refractivity contribution >= 4 is 11.9 Å². The largest absolute Gasteiger partial charge is 0.481 e. The Morgan fingerprint density at radius 2 is 2.09 bits per heavy atom. The summed E-state index contributed by atoms with van der Waals surface area (Å²) in [5, 5.41) is 11.7. The number of amides is 1. The fraction of sp³-hybridized carbons (Fsp3) is 0.500. The van der Waals surface area contributed by atoms with Crippen molar-refractivity contribution in [3.8, 4) is 0 Å². The average Bonchev–Trinajstić information content (AvgIpc) is 2.98. The summed E-state index contributed by atoms with van der Waals surface area (Å²) in [6, 6.07) is 4.85. The lowest BCUT2D eigenvalue weighted by Gasteiger charge is -2.18. The third kappa shape index (κ3) is 5.11. The van der Waals surface area contributed by atoms with Crippen LogP contribution in [0.25, 0.3) is 0 Å². The van der Waals surface area contributed by atoms with Crippen molar-refractivity contribution in [3.63, 3.8) is 0 Å². The SMILES string of the molecule is O=C(O)CC(NC(=O)CCC1CCOC1)c1ccc(F)cc1. The molecule has 0 spiro atoms. The summed E-state index contributed by atoms with van der Waals surface area (Å²) in [5.41, 5.74) is 0.585. The molecule has 2 unspecified atom stereocenters. The average molecular weight is 309 g/mol. The number of ether oxygens (including phenoxy) is 1. The first kappa shape index (κ1) is 16.4. The van der Waals surface area contributed by atoms with Gasteiger partial charge in [-0.3, -0.25) is 9.59 Å². The van der Waals surface area contributed by atoms with Gasteiger partial charge in [-0.05, 0) is 36.5 Å². The first-order valence-corrected chi connectivity index (χ1v) is 7.39. The predicted octanol–water partition coefficient (Wildman–Crippen LogP) is 2.27. The molecule has 1 aliphatic rings. The summed E-state index contributed by atoms with van der Waals surface area (Å²) in [6.45, 7) is 1.42. The van der Waals surface area contributed by atoms with Crippen molar-refractivity contribution in [2.75, 3.05) is 13.2 Å². The molecule has 1 aliphatic heterocycles. The van der Waals surface area contributed by atoms with E-state index in [1.54, 1.807) is 0 Å². The smallest absolute Gasteiger partial charge is 0.305 e. The third-order valence-electron chi connectivity index (χ3n) is 3.79. The fourth-order valence-corrected chi connectivity index (χ4v) is 2.53. The van der Waals surface area contributed by atoms with Crippen molar-refractivity contribution in [2.24, 2.45) is 5.92 Å². The van der Waals surface area contributed by atoms with Crippen LogP contribution in [0.3, 0.4) is 0 Å². The van der Waals surface area contributed by atoms with Gasteiger partial charge in [0.2, 0.25) is 5.91 Å². The van der Waals surface area contributed by atoms with E-state index in [0.29, 0.717) is 24.5 Å². The van der Waals surface area contributed by atoms with Gasteiger partial charge in [-0.25, -0.2) is 4.39 Å². The van der Waals surface area contributed by atoms with Crippen molar-refractivity contribution < 1.29 is 23.8 Å². The monoisotopic (exact) mass is 309 g/mol. The van der Waals surface area contributed by atoms with E-state index < -0.39 is 17.8 Å². The lowest BCUT2D eigenvalue weighted by molar-refractivity contribution is -0.137. The highest BCUT2D eigenvalue weighted by Gasteiger charge is 2.20. The van der Waals surface area contributed by atoms with E-state index in [4.69, 9.17) is 9.84 Å². The highest BCUT2D eigenvalue weighted by molar-refractivity contribution is 5.77. The molecule has 1 fully saturated rings. The highest BCUT2D eigenvalue weighted by Crippen LogP contribution is 2.20. The third-order valence-corrected chi connectivity index (χ3v) is 3.79. The molecule has 5 nitrogen and oxygen atoms in total. The van der Waals surface area contributed by atoms with Crippen LogP contribution >= 0.6 is 0 Å². The first-order valence-electron chi connectivity index (χ1n) is 7.39. The number of hydrogen-bond acceptors (Lipinski definition) is 3. The Hall–Kier alpha value is -1.95. The summed E-state index contributed by atoms with van der Waals surface area (Å²) >= 11 is 0. The van der Waals surface area contributed by atoms with Gasteiger partial charge in [-0.1, -0.05) is 12.1 Å². The molecule has 0 radical (unpaired) electrons. The standard InChI is InChI=1S/C16H20FNO4/c17-13-4-2-12(3-5-13)14(9-16(20)21)18-15(19)6-1-11-7-8-22-10-11/h2-5,11,14H,1,6-10H2,(H,18,19)(H,20,21). The van der Waals surface area contributed by atoms with E-state index in [2.05, 4.69) is 5.32 Å². The zero-order valence-corrected chi connectivity index (χ0v) is 12.3. The Morgan fingerprint density at radius 3 is 2.68 bits per heavy atom. The summed E-state index contributed by atoms with van der Waals surface area (Å²) in [7, 11) is 0. The molecule has 6 heteroatoms. The molecule has 2 rings (SSSR count). The normalized spacial score (nSPS) is 18.9. The molecular formula is C16H20FNO4. The zero-order valence-electron chi connectivity index (χ0n) is 12.3. The Balaban J connectivity index is 1.91. The molecule has 1 aromatic carbocycles. The molecule has 0 aliphatic carbocycles. The predicted molar refractivity (Wildman–Crippen MR) is 77.7 cm³/mol. The van der Waals surface area contributed by atoms with E-state index in [9.17, 15) is 14.0 Å². The minimum Gasteiger partial charge on any atom is -0.481 e. The van der Waals surface area contributed by atoms with E-state index in [0.717, 1.165) is 19.4 Å². The number of halogens is 1. The van der Waals surface area contributed by atoms with Gasteiger partial charge in [0, 0.05) is 19.6 Å². The number of carbonyl (C=O) groups is 2. The van der Waals surface area contributed by atoms with Crippen LogP contribution in [0.1, 0.15) is 37.3 Å². The minimum atomic E-state index is -1.01. The van der Waals surface area contributed by atoms with E-state index in [1.807, 2.05) is 0 Å². The van der Waals surface area contributed by atoms with Crippen LogP contribution in [0.4, 0.5) is 4.39 Å². The lowest BCUT2D eigenvalue weighted by Crippen LogP contribution is -2.30. The maximum absolute atomic E-state index is 13.0. The number of carbonyl (C=O) groups excluding carboxylic acids is 1. The van der Waals surface area contributed by atoms with Gasteiger partial charge in [-0.15, -0.1) is 0 Å². The molecule has 0 bridgehead atoms. The molecule has 120 valence electrons. The van der Waals surface area contributed by atoms with Gasteiger partial charge in [0.25, 0.3) is 0 Å². The topological polar surface area (TPSA) is 75.6 Å². The van der Waals surface area contributed by atoms with Gasteiger partial charge < -0.3 is 15.2 Å². The molecule has 1 saturated heterocycles. The summed E-state index contributed by atoms with van der Waals surface area (Å²) in [6.07, 6.45) is 1.80. The van der Waals surface area contributed by atoms with Gasteiger partial charge in [-0.2, -0.15) is 0 Å². The number of aliphatic carboxylic acids is 1. The zero-order chi connectivity index (χ0) is 15.9. The highest BCUT2D eigenvalue weighted by atomic mass is 19.1. The van der Waals surface area contributed by atoms with Gasteiger partial charge in [0.05, 0.1) is 12.5 Å². The Labute approximate surface area is 128 Å². The number of hydrogen-bond donors (Lipinski definition) is 2. The van der Waals surface area contributed by atoms with Crippen LogP contribution in [0.5, 0.6) is 0 Å². The van der Waals surface area contributed by atoms with Crippen LogP contribution in [0.15, 0.2) is 24.3 Å². The van der Waals surface area contributed by atoms with E-state index in [1.165, 1.54) is 24.3 Å². The minimum absolute atomic E-state index is 0.192. The molecule has 2 N–H and O–H groups in total. The second-order valence-electron chi connectivity index (χ2n) is 5.54. The lowest BCUT2D eigenvalue weighted by atomic mass is 10.0. The van der Waals surface area contributed by atoms with Gasteiger partial charge in [0.15, 0.2) is 0 Å². The second-order valence-corrected chi connectivity index (χ2v) is 5.54. The maximum Gasteiger partial charge on any atom is 0.305 e. The number of benzene rings is 1. The molecule has 0 aromatic heterocycles. The first-order chi connectivity index (χ1) is 10.5. The Kier molecular flexibility index (Phi) is 5.89. The van der Waals surface area contributed by atoms with E-state index in [-0.39, 0.29) is 12.3 Å². The van der Waals surface area contributed by atoms with Gasteiger partial charge in [0.1, 0.15) is 5.82 Å². The van der Waals surface area contributed by atoms with Crippen LogP contribution < -0.4 is 5.32 Å². The number of nitrogens with one attached hydrogen (secondary N) is 1. The quantitative estimate of drug-likeness (QED) is 0.810. The fourth-order valence-electron chi connectivity index (χ4n) is 2.53. The van der Waals surface area contributed by atoms with Crippen molar-refractivity contribution in [1.82, 2.24) is 5.32 Å². The number of rotatable bonds is 7. The molecule has 1 heterocycles. The number of carboxylic acid groups (broad SMARTS) is 1. The van der Waals surface area contributed by atoms with Crippen molar-refractivity contribution in [3.05, 3.63) is 35.6 Å². The summed E-state index contributed by atoms with van der Waals surface area (Å²) in [5.74, 6) is -1.21. The van der Waals surface area contributed by atoms with Crippen molar-refractivity contribution in [2.45, 2.75) is 31.7 Å². The van der Waals surface area contributed by atoms with Crippen LogP contribution in [-0.2, 0) is 14.3 Å². The van der Waals surface area contributed by atoms with E-state index >= 15 is 0 Å². The summed E-state index contributed by atoms with van der Waals surface area (Å²) < 4.78 is 18.2. The number of carboxylic acids is 1. The Morgan fingerprint density at radius 1 is 1.36 bits per heavy atom. The second kappa shape index (κ2) is 7.89.